The van der Waals surface area contributed by atoms with Crippen LogP contribution in [0.3, 0.4) is 0 Å². The highest BCUT2D eigenvalue weighted by molar-refractivity contribution is 5.93. The van der Waals surface area contributed by atoms with Gasteiger partial charge in [-0.1, -0.05) is 6.08 Å². The van der Waals surface area contributed by atoms with E-state index < -0.39 is 0 Å². The highest BCUT2D eigenvalue weighted by atomic mass is 16.3. The first kappa shape index (κ1) is 10.2. The lowest BCUT2D eigenvalue weighted by molar-refractivity contribution is 0.0953. The maximum atomic E-state index is 11.6. The highest BCUT2D eigenvalue weighted by Gasteiger charge is 2.11. The Labute approximate surface area is 92.0 Å². The average Bonchev–Trinajstić information content (AvgIpc) is 2.71. The molecule has 2 heterocycles. The van der Waals surface area contributed by atoms with Gasteiger partial charge in [-0.15, -0.1) is 6.58 Å². The fourth-order valence-electron chi connectivity index (χ4n) is 1.36. The molecule has 0 aliphatic carbocycles. The summed E-state index contributed by atoms with van der Waals surface area (Å²) in [6.45, 7) is 3.89. The van der Waals surface area contributed by atoms with E-state index >= 15 is 0 Å². The first-order valence-corrected chi connectivity index (χ1v) is 4.78. The smallest absolute Gasteiger partial charge is 0.271 e. The third-order valence-electron chi connectivity index (χ3n) is 2.10. The largest absolute Gasteiger partial charge is 0.504 e. The molecule has 2 N–H and O–H groups in total. The summed E-state index contributed by atoms with van der Waals surface area (Å²) in [5, 5.41) is 12.1. The van der Waals surface area contributed by atoms with Gasteiger partial charge in [0, 0.05) is 18.9 Å². The molecule has 82 valence electrons. The fraction of sp³-hybridized carbons (Fsp3) is 0.0909. The van der Waals surface area contributed by atoms with Crippen molar-refractivity contribution in [3.63, 3.8) is 0 Å². The van der Waals surface area contributed by atoms with E-state index in [-0.39, 0.29) is 17.4 Å². The number of hydrogen-bond donors (Lipinski definition) is 2. The minimum atomic E-state index is -0.289. The van der Waals surface area contributed by atoms with Crippen molar-refractivity contribution in [3.8, 4) is 5.75 Å². The van der Waals surface area contributed by atoms with Crippen molar-refractivity contribution in [2.45, 2.75) is 0 Å². The van der Waals surface area contributed by atoms with Crippen molar-refractivity contribution in [3.05, 3.63) is 42.9 Å². The van der Waals surface area contributed by atoms with Crippen LogP contribution in [0.1, 0.15) is 10.5 Å². The molecule has 16 heavy (non-hydrogen) atoms. The number of imidazole rings is 1. The van der Waals surface area contributed by atoms with Gasteiger partial charge in [-0.3, -0.25) is 4.79 Å². The summed E-state index contributed by atoms with van der Waals surface area (Å²) in [7, 11) is 0. The van der Waals surface area contributed by atoms with E-state index in [0.717, 1.165) is 0 Å². The van der Waals surface area contributed by atoms with Crippen molar-refractivity contribution < 1.29 is 9.90 Å². The Bertz CT molecular complexity index is 545. The second kappa shape index (κ2) is 4.06. The van der Waals surface area contributed by atoms with Crippen LogP contribution >= 0.6 is 0 Å². The van der Waals surface area contributed by atoms with Crippen LogP contribution < -0.4 is 5.32 Å². The maximum absolute atomic E-state index is 11.6. The standard InChI is InChI=1S/C11H11N3O2/c1-2-5-12-11(16)8-7-14-6-3-4-9(15)10(14)13-8/h2-4,6-7,15H,1,5H2,(H,12,16). The van der Waals surface area contributed by atoms with E-state index in [2.05, 4.69) is 16.9 Å². The molecule has 0 aliphatic rings. The van der Waals surface area contributed by atoms with Gasteiger partial charge in [0.25, 0.3) is 5.91 Å². The zero-order valence-electron chi connectivity index (χ0n) is 8.55. The first-order valence-electron chi connectivity index (χ1n) is 4.78. The van der Waals surface area contributed by atoms with Crippen LogP contribution in [0.5, 0.6) is 5.75 Å². The molecule has 0 bridgehead atoms. The maximum Gasteiger partial charge on any atom is 0.271 e. The molecule has 5 nitrogen and oxygen atoms in total. The zero-order valence-corrected chi connectivity index (χ0v) is 8.55. The monoisotopic (exact) mass is 217 g/mol. The van der Waals surface area contributed by atoms with Gasteiger partial charge in [0.15, 0.2) is 11.4 Å². The van der Waals surface area contributed by atoms with Gasteiger partial charge in [0.1, 0.15) is 5.69 Å². The topological polar surface area (TPSA) is 66.6 Å². The predicted molar refractivity (Wildman–Crippen MR) is 59.4 cm³/mol. The van der Waals surface area contributed by atoms with Crippen LogP contribution in [0.2, 0.25) is 0 Å². The summed E-state index contributed by atoms with van der Waals surface area (Å²) in [5.41, 5.74) is 0.634. The Morgan fingerprint density at radius 2 is 2.50 bits per heavy atom. The molecule has 2 aromatic heterocycles. The number of hydrogen-bond acceptors (Lipinski definition) is 3. The van der Waals surface area contributed by atoms with Crippen LogP contribution in [-0.4, -0.2) is 26.9 Å². The summed E-state index contributed by atoms with van der Waals surface area (Å²) in [4.78, 5) is 15.6. The molecule has 0 atom stereocenters. The van der Waals surface area contributed by atoms with E-state index in [9.17, 15) is 9.90 Å². The van der Waals surface area contributed by atoms with Crippen molar-refractivity contribution in [2.75, 3.05) is 6.54 Å². The van der Waals surface area contributed by atoms with Gasteiger partial charge in [-0.05, 0) is 12.1 Å². The summed E-state index contributed by atoms with van der Waals surface area (Å²) < 4.78 is 1.60. The van der Waals surface area contributed by atoms with E-state index in [1.54, 1.807) is 28.9 Å². The Kier molecular flexibility index (Phi) is 2.59. The molecule has 5 heteroatoms. The molecule has 2 aromatic rings. The molecular weight excluding hydrogens is 206 g/mol. The minimum absolute atomic E-state index is 0.0465. The lowest BCUT2D eigenvalue weighted by Crippen LogP contribution is -2.23. The van der Waals surface area contributed by atoms with E-state index in [0.29, 0.717) is 12.2 Å². The number of nitrogens with zero attached hydrogens (tertiary/aromatic N) is 2. The SMILES string of the molecule is C=CCNC(=O)c1cn2cccc(O)c2n1. The van der Waals surface area contributed by atoms with Crippen molar-refractivity contribution in [1.82, 2.24) is 14.7 Å². The Morgan fingerprint density at radius 3 is 3.19 bits per heavy atom. The lowest BCUT2D eigenvalue weighted by Gasteiger charge is -1.96. The summed E-state index contributed by atoms with van der Waals surface area (Å²) in [5.74, 6) is -0.242. The number of aromatic hydroxyl groups is 1. The zero-order chi connectivity index (χ0) is 11.5. The van der Waals surface area contributed by atoms with E-state index in [4.69, 9.17) is 0 Å². The molecule has 0 spiro atoms. The lowest BCUT2D eigenvalue weighted by atomic mass is 10.4. The number of amides is 1. The fourth-order valence-corrected chi connectivity index (χ4v) is 1.36. The van der Waals surface area contributed by atoms with Crippen molar-refractivity contribution in [1.29, 1.82) is 0 Å². The third kappa shape index (κ3) is 1.75. The van der Waals surface area contributed by atoms with Gasteiger partial charge < -0.3 is 14.8 Å². The molecule has 0 aromatic carbocycles. The van der Waals surface area contributed by atoms with Crippen LogP contribution in [0.25, 0.3) is 5.65 Å². The Balaban J connectivity index is 2.36. The quantitative estimate of drug-likeness (QED) is 0.752. The number of carbonyl (C=O) groups is 1. The first-order chi connectivity index (χ1) is 7.72. The van der Waals surface area contributed by atoms with Crippen LogP contribution in [0.4, 0.5) is 0 Å². The average molecular weight is 217 g/mol. The van der Waals surface area contributed by atoms with Crippen LogP contribution in [0, 0.1) is 0 Å². The van der Waals surface area contributed by atoms with Gasteiger partial charge in [-0.2, -0.15) is 0 Å². The van der Waals surface area contributed by atoms with Crippen LogP contribution in [-0.2, 0) is 0 Å². The summed E-state index contributed by atoms with van der Waals surface area (Å²) >= 11 is 0. The second-order valence-corrected chi connectivity index (χ2v) is 3.25. The number of rotatable bonds is 3. The molecule has 0 saturated carbocycles. The molecule has 0 unspecified atom stereocenters. The number of aromatic nitrogens is 2. The van der Waals surface area contributed by atoms with Gasteiger partial charge in [0.05, 0.1) is 0 Å². The predicted octanol–water partition coefficient (Wildman–Crippen LogP) is 0.956. The van der Waals surface area contributed by atoms with Gasteiger partial charge in [-0.25, -0.2) is 4.98 Å². The number of pyridine rings is 1. The normalized spacial score (nSPS) is 10.2. The number of nitrogens with one attached hydrogen (secondary N) is 1. The molecule has 0 saturated heterocycles. The van der Waals surface area contributed by atoms with E-state index in [1.807, 2.05) is 0 Å². The molecule has 0 fully saturated rings. The Hall–Kier alpha value is -2.30. The second-order valence-electron chi connectivity index (χ2n) is 3.25. The number of fused-ring (bicyclic) bond motifs is 1. The summed E-state index contributed by atoms with van der Waals surface area (Å²) in [6.07, 6.45) is 4.87. The highest BCUT2D eigenvalue weighted by Crippen LogP contribution is 2.16. The molecule has 2 rings (SSSR count). The molecule has 0 aliphatic heterocycles. The minimum Gasteiger partial charge on any atom is -0.504 e. The molecule has 1 amide bonds. The van der Waals surface area contributed by atoms with Crippen molar-refractivity contribution in [2.24, 2.45) is 0 Å². The van der Waals surface area contributed by atoms with E-state index in [1.165, 1.54) is 6.07 Å². The van der Waals surface area contributed by atoms with Crippen LogP contribution in [0.15, 0.2) is 37.2 Å². The number of carbonyl (C=O) groups excluding carboxylic acids is 1. The van der Waals surface area contributed by atoms with Gasteiger partial charge in [0.2, 0.25) is 0 Å². The molecule has 0 radical (unpaired) electrons. The summed E-state index contributed by atoms with van der Waals surface area (Å²) in [6, 6.07) is 3.20. The Morgan fingerprint density at radius 1 is 1.69 bits per heavy atom. The third-order valence-corrected chi connectivity index (χ3v) is 2.10. The van der Waals surface area contributed by atoms with Gasteiger partial charge >= 0.3 is 0 Å². The van der Waals surface area contributed by atoms with Crippen molar-refractivity contribution >= 4 is 11.6 Å². The molecular formula is C11H11N3O2.